The number of hydrogen-bond acceptors (Lipinski definition) is 6. The van der Waals surface area contributed by atoms with Crippen molar-refractivity contribution in [2.24, 2.45) is 10.7 Å². The first-order valence-corrected chi connectivity index (χ1v) is 9.70. The maximum atomic E-state index is 13.1. The van der Waals surface area contributed by atoms with Crippen LogP contribution in [0.5, 0.6) is 0 Å². The molecule has 29 heavy (non-hydrogen) atoms. The number of allylic oxidation sites excluding steroid dienone is 1. The number of fused-ring (bicyclic) bond motifs is 2. The van der Waals surface area contributed by atoms with Gasteiger partial charge in [-0.1, -0.05) is 6.07 Å². The van der Waals surface area contributed by atoms with E-state index in [2.05, 4.69) is 10.3 Å². The van der Waals surface area contributed by atoms with Crippen LogP contribution in [0, 0.1) is 17.7 Å². The number of amides is 2. The summed E-state index contributed by atoms with van der Waals surface area (Å²) >= 11 is 0. The van der Waals surface area contributed by atoms with Gasteiger partial charge in [-0.15, -0.1) is 0 Å². The highest BCUT2D eigenvalue weighted by atomic mass is 16.5. The summed E-state index contributed by atoms with van der Waals surface area (Å²) in [6.07, 6.45) is 6.58. The Hall–Kier alpha value is -3.16. The van der Waals surface area contributed by atoms with Gasteiger partial charge >= 0.3 is 6.03 Å². The van der Waals surface area contributed by atoms with Crippen LogP contribution in [0.1, 0.15) is 45.2 Å². The second-order valence-corrected chi connectivity index (χ2v) is 7.63. The van der Waals surface area contributed by atoms with Crippen LogP contribution in [0.2, 0.25) is 0 Å². The summed E-state index contributed by atoms with van der Waals surface area (Å²) < 4.78 is 5.27. The van der Waals surface area contributed by atoms with Gasteiger partial charge in [0.2, 0.25) is 5.90 Å². The van der Waals surface area contributed by atoms with Gasteiger partial charge in [-0.05, 0) is 50.0 Å². The summed E-state index contributed by atoms with van der Waals surface area (Å²) in [4.78, 5) is 18.7. The van der Waals surface area contributed by atoms with Crippen molar-refractivity contribution in [1.82, 2.24) is 4.90 Å². The van der Waals surface area contributed by atoms with Gasteiger partial charge in [0.05, 0.1) is 0 Å². The lowest BCUT2D eigenvalue weighted by Crippen LogP contribution is -2.74. The molecule has 0 aliphatic carbocycles. The monoisotopic (exact) mass is 398 g/mol. The van der Waals surface area contributed by atoms with E-state index >= 15 is 0 Å². The smallest absolute Gasteiger partial charge is 0.322 e. The van der Waals surface area contributed by atoms with E-state index in [1.807, 2.05) is 25.1 Å². The molecule has 0 spiro atoms. The van der Waals surface area contributed by atoms with E-state index in [4.69, 9.17) is 21.3 Å². The van der Waals surface area contributed by atoms with E-state index in [9.17, 15) is 4.79 Å². The second kappa shape index (κ2) is 8.06. The number of aryl methyl sites for hydroxylation is 1. The molecule has 2 saturated heterocycles. The number of piperidine rings is 1. The van der Waals surface area contributed by atoms with Crippen molar-refractivity contribution in [2.75, 3.05) is 12.4 Å². The molecule has 2 unspecified atom stereocenters. The first-order valence-electron chi connectivity index (χ1n) is 9.70. The van der Waals surface area contributed by atoms with Crippen LogP contribution in [-0.4, -0.2) is 47.6 Å². The number of carbonyl (C=O) groups is 1. The molecule has 8 heteroatoms. The number of nitrogens with two attached hydrogens (primary N) is 1. The fourth-order valence-corrected chi connectivity index (χ4v) is 4.26. The zero-order valence-electron chi connectivity index (χ0n) is 17.1. The molecule has 2 atom stereocenters. The van der Waals surface area contributed by atoms with Crippen LogP contribution in [-0.2, 0) is 4.74 Å². The minimum absolute atomic E-state index is 0. The molecule has 156 valence electrons. The van der Waals surface area contributed by atoms with Crippen LogP contribution < -0.4 is 11.1 Å². The van der Waals surface area contributed by atoms with Gasteiger partial charge in [-0.3, -0.25) is 15.8 Å². The molecule has 2 heterocycles. The molecule has 0 radical (unpaired) electrons. The number of hydrogen-bond donors (Lipinski definition) is 4. The molecule has 5 N–H and O–H groups in total. The molecule has 2 bridgehead atoms. The molecule has 8 nitrogen and oxygen atoms in total. The van der Waals surface area contributed by atoms with Gasteiger partial charge in [0.25, 0.3) is 0 Å². The third kappa shape index (κ3) is 3.87. The first kappa shape index (κ1) is 20.6. The third-order valence-electron chi connectivity index (χ3n) is 5.63. The average Bonchev–Trinajstić information content (AvgIpc) is 2.67. The molecule has 2 aliphatic rings. The predicted molar refractivity (Wildman–Crippen MR) is 118 cm³/mol. The number of urea groups is 1. The summed E-state index contributed by atoms with van der Waals surface area (Å²) in [6.45, 7) is 3.45. The Morgan fingerprint density at radius 2 is 2.24 bits per heavy atom. The summed E-state index contributed by atoms with van der Waals surface area (Å²) in [5, 5.41) is 18.8. The molecular formula is C21H30N6O2. The quantitative estimate of drug-likeness (QED) is 0.455. The summed E-state index contributed by atoms with van der Waals surface area (Å²) in [5.74, 6) is -0.0634. The largest absolute Gasteiger partial charge is 0.428 e. The van der Waals surface area contributed by atoms with Gasteiger partial charge in [0.1, 0.15) is 5.54 Å². The van der Waals surface area contributed by atoms with Gasteiger partial charge < -0.3 is 20.7 Å². The van der Waals surface area contributed by atoms with Gasteiger partial charge in [0, 0.05) is 51.0 Å². The molecule has 1 aromatic rings. The number of nitrogens with zero attached hydrogens (tertiary/aromatic N) is 2. The number of aliphatic imine (C=N–C) groups is 1. The maximum absolute atomic E-state index is 13.1. The fourth-order valence-electron chi connectivity index (χ4n) is 4.26. The second-order valence-electron chi connectivity index (χ2n) is 7.63. The van der Waals surface area contributed by atoms with Crippen LogP contribution >= 0.6 is 0 Å². The Balaban J connectivity index is 0.00000320. The van der Waals surface area contributed by atoms with Crippen molar-refractivity contribution in [3.8, 4) is 0 Å². The van der Waals surface area contributed by atoms with Crippen LogP contribution in [0.25, 0.3) is 5.70 Å². The number of carbonyl (C=O) groups excluding carboxylic acids is 1. The Morgan fingerprint density at radius 3 is 2.90 bits per heavy atom. The van der Waals surface area contributed by atoms with Crippen LogP contribution in [0.3, 0.4) is 0 Å². The predicted octanol–water partition coefficient (Wildman–Crippen LogP) is 3.76. The Morgan fingerprint density at radius 1 is 1.48 bits per heavy atom. The number of anilines is 1. The summed E-state index contributed by atoms with van der Waals surface area (Å²) in [5.41, 5.74) is 8.42. The molecule has 3 rings (SSSR count). The van der Waals surface area contributed by atoms with E-state index < -0.39 is 5.54 Å². The Kier molecular flexibility index (Phi) is 5.72. The number of rotatable bonds is 4. The summed E-state index contributed by atoms with van der Waals surface area (Å²) in [6, 6.07) is 5.42. The van der Waals surface area contributed by atoms with Gasteiger partial charge in [-0.25, -0.2) is 4.79 Å². The fraction of sp³-hybridized carbons (Fsp3) is 0.429. The lowest BCUT2D eigenvalue weighted by molar-refractivity contribution is -0.0329. The molecular weight excluding hydrogens is 368 g/mol. The number of ether oxygens (including phenoxy) is 1. The topological polar surface area (TPSA) is 128 Å². The number of nitrogens with one attached hydrogen (secondary N) is 3. The zero-order valence-corrected chi connectivity index (χ0v) is 17.1. The van der Waals surface area contributed by atoms with Crippen molar-refractivity contribution in [1.29, 1.82) is 10.8 Å². The molecule has 1 aromatic carbocycles. The van der Waals surface area contributed by atoms with E-state index in [1.165, 1.54) is 6.92 Å². The third-order valence-corrected chi connectivity index (χ3v) is 5.63. The van der Waals surface area contributed by atoms with Crippen LogP contribution in [0.15, 0.2) is 29.3 Å². The molecule has 0 saturated carbocycles. The molecule has 0 aromatic heterocycles. The van der Waals surface area contributed by atoms with Crippen molar-refractivity contribution < 1.29 is 11.0 Å². The van der Waals surface area contributed by atoms with Crippen LogP contribution in [0.4, 0.5) is 10.5 Å². The minimum atomic E-state index is -0.751. The van der Waals surface area contributed by atoms with Crippen molar-refractivity contribution in [2.45, 2.75) is 51.1 Å². The Labute approximate surface area is 172 Å². The van der Waals surface area contributed by atoms with Crippen molar-refractivity contribution >= 4 is 35.4 Å². The highest BCUT2D eigenvalue weighted by Crippen LogP contribution is 2.48. The van der Waals surface area contributed by atoms with E-state index in [-0.39, 0.29) is 25.3 Å². The van der Waals surface area contributed by atoms with E-state index in [0.29, 0.717) is 24.2 Å². The van der Waals surface area contributed by atoms with Gasteiger partial charge in [-0.2, -0.15) is 0 Å². The van der Waals surface area contributed by atoms with Crippen molar-refractivity contribution in [3.05, 3.63) is 35.4 Å². The van der Waals surface area contributed by atoms with E-state index in [1.54, 1.807) is 24.2 Å². The molecule has 2 fully saturated rings. The average molecular weight is 399 g/mol. The number of benzene rings is 1. The lowest BCUT2D eigenvalue weighted by Gasteiger charge is -2.60. The lowest BCUT2D eigenvalue weighted by atomic mass is 9.68. The SMILES string of the molecule is CN=C/C=C(\N)c1cc(NC(=O)N2C3CCCC2(C(=N)OC(C)=N)C3)ccc1C.[HH]. The maximum Gasteiger partial charge on any atom is 0.322 e. The molecule has 2 amide bonds. The van der Waals surface area contributed by atoms with Crippen molar-refractivity contribution in [3.63, 3.8) is 0 Å². The summed E-state index contributed by atoms with van der Waals surface area (Å²) in [7, 11) is 1.67. The highest BCUT2D eigenvalue weighted by molar-refractivity contribution is 6.00. The first-order chi connectivity index (χ1) is 13.8. The van der Waals surface area contributed by atoms with Gasteiger partial charge in [0.15, 0.2) is 5.90 Å². The van der Waals surface area contributed by atoms with E-state index in [0.717, 1.165) is 24.0 Å². The standard InChI is InChI=1S/C21H28N6O2.H2/c1-13-6-7-15(11-17(13)18(23)8-10-25-3)26-20(28)27-16-5-4-9-21(27,12-16)19(24)29-14(2)22;/h6-8,10-11,16,22,24H,4-5,9,12,23H2,1-3H3,(H,26,28);1H/b18-8-,22-14?,24-19?,25-10?;. The molecule has 2 aliphatic heterocycles. The Bertz CT molecular complexity index is 909. The highest BCUT2D eigenvalue weighted by Gasteiger charge is 2.60. The zero-order chi connectivity index (χ0) is 21.2. The minimum Gasteiger partial charge on any atom is -0.428 e. The normalized spacial score (nSPS) is 23.5.